The Morgan fingerprint density at radius 3 is 2.90 bits per heavy atom. The fourth-order valence-electron chi connectivity index (χ4n) is 3.51. The first kappa shape index (κ1) is 14.8. The molecule has 2 aliphatic rings. The van der Waals surface area contributed by atoms with Gasteiger partial charge in [-0.05, 0) is 50.9 Å². The number of nitrogens with zero attached hydrogens (tertiary/aromatic N) is 3. The zero-order valence-electron chi connectivity index (χ0n) is 13.2. The lowest BCUT2D eigenvalue weighted by atomic mass is 10.2. The molecule has 21 heavy (non-hydrogen) atoms. The molecule has 3 rings (SSSR count). The van der Waals surface area contributed by atoms with E-state index in [4.69, 9.17) is 4.98 Å². The molecule has 116 valence electrons. The van der Waals surface area contributed by atoms with Crippen LogP contribution in [0.25, 0.3) is 0 Å². The third kappa shape index (κ3) is 3.95. The van der Waals surface area contributed by atoms with E-state index < -0.39 is 0 Å². The van der Waals surface area contributed by atoms with E-state index in [1.165, 1.54) is 51.1 Å². The second-order valence-electron chi connectivity index (χ2n) is 6.36. The van der Waals surface area contributed by atoms with Crippen molar-refractivity contribution in [3.05, 3.63) is 23.9 Å². The maximum absolute atomic E-state index is 4.73. The van der Waals surface area contributed by atoms with Crippen LogP contribution in [-0.2, 0) is 6.54 Å². The number of nitrogens with one attached hydrogen (secondary N) is 1. The molecule has 0 radical (unpaired) electrons. The fraction of sp³-hybridized carbons (Fsp3) is 0.706. The van der Waals surface area contributed by atoms with Crippen molar-refractivity contribution in [3.63, 3.8) is 0 Å². The molecule has 0 aliphatic carbocycles. The van der Waals surface area contributed by atoms with Crippen LogP contribution in [-0.4, -0.2) is 53.5 Å². The van der Waals surface area contributed by atoms with Gasteiger partial charge in [0.15, 0.2) is 0 Å². The number of anilines is 1. The zero-order chi connectivity index (χ0) is 14.5. The molecule has 1 unspecified atom stereocenters. The Kier molecular flexibility index (Phi) is 5.09. The van der Waals surface area contributed by atoms with Crippen LogP contribution in [0.1, 0.15) is 38.3 Å². The number of rotatable bonds is 6. The van der Waals surface area contributed by atoms with E-state index in [9.17, 15) is 0 Å². The predicted molar refractivity (Wildman–Crippen MR) is 87.5 cm³/mol. The Hall–Kier alpha value is -1.13. The van der Waals surface area contributed by atoms with Crippen LogP contribution in [0.2, 0.25) is 0 Å². The van der Waals surface area contributed by atoms with E-state index in [0.717, 1.165) is 31.4 Å². The highest BCUT2D eigenvalue weighted by molar-refractivity contribution is 5.35. The number of hydrogen-bond donors (Lipinski definition) is 1. The molecule has 0 aromatic carbocycles. The van der Waals surface area contributed by atoms with Gasteiger partial charge in [-0.1, -0.05) is 13.0 Å². The van der Waals surface area contributed by atoms with E-state index >= 15 is 0 Å². The van der Waals surface area contributed by atoms with E-state index in [1.54, 1.807) is 0 Å². The molecule has 2 aliphatic heterocycles. The molecule has 0 saturated carbocycles. The first-order valence-corrected chi connectivity index (χ1v) is 8.51. The molecule has 0 spiro atoms. The highest BCUT2D eigenvalue weighted by Crippen LogP contribution is 2.21. The SMILES string of the molecule is CCCNc1cccc(CN2CCC(N3CCCC3)C2)n1. The summed E-state index contributed by atoms with van der Waals surface area (Å²) < 4.78 is 0. The lowest BCUT2D eigenvalue weighted by Gasteiger charge is -2.23. The first-order chi connectivity index (χ1) is 10.3. The summed E-state index contributed by atoms with van der Waals surface area (Å²) in [7, 11) is 0. The molecule has 1 atom stereocenters. The number of likely N-dealkylation sites (tertiary alicyclic amines) is 2. The molecular weight excluding hydrogens is 260 g/mol. The lowest BCUT2D eigenvalue weighted by molar-refractivity contribution is 0.229. The molecule has 1 N–H and O–H groups in total. The summed E-state index contributed by atoms with van der Waals surface area (Å²) in [6, 6.07) is 7.12. The largest absolute Gasteiger partial charge is 0.370 e. The van der Waals surface area contributed by atoms with Gasteiger partial charge in [0.1, 0.15) is 5.82 Å². The van der Waals surface area contributed by atoms with Crippen LogP contribution in [0.15, 0.2) is 18.2 Å². The number of aromatic nitrogens is 1. The molecule has 4 nitrogen and oxygen atoms in total. The Morgan fingerprint density at radius 1 is 1.24 bits per heavy atom. The van der Waals surface area contributed by atoms with Crippen LogP contribution in [0.3, 0.4) is 0 Å². The minimum Gasteiger partial charge on any atom is -0.370 e. The average Bonchev–Trinajstić information content (AvgIpc) is 3.16. The van der Waals surface area contributed by atoms with Crippen LogP contribution in [0.5, 0.6) is 0 Å². The van der Waals surface area contributed by atoms with Gasteiger partial charge >= 0.3 is 0 Å². The minimum atomic E-state index is 0.786. The molecule has 2 fully saturated rings. The van der Waals surface area contributed by atoms with E-state index in [-0.39, 0.29) is 0 Å². The van der Waals surface area contributed by atoms with Gasteiger partial charge < -0.3 is 5.32 Å². The monoisotopic (exact) mass is 288 g/mol. The zero-order valence-corrected chi connectivity index (χ0v) is 13.2. The van der Waals surface area contributed by atoms with Crippen LogP contribution in [0, 0.1) is 0 Å². The van der Waals surface area contributed by atoms with Crippen LogP contribution < -0.4 is 5.32 Å². The normalized spacial score (nSPS) is 23.8. The molecule has 0 bridgehead atoms. The second-order valence-corrected chi connectivity index (χ2v) is 6.36. The molecule has 1 aromatic heterocycles. The van der Waals surface area contributed by atoms with E-state index in [1.807, 2.05) is 0 Å². The smallest absolute Gasteiger partial charge is 0.126 e. The van der Waals surface area contributed by atoms with Crippen molar-refractivity contribution in [2.45, 2.75) is 45.2 Å². The summed E-state index contributed by atoms with van der Waals surface area (Å²) in [6.07, 6.45) is 5.25. The van der Waals surface area contributed by atoms with Crippen molar-refractivity contribution in [1.29, 1.82) is 0 Å². The van der Waals surface area contributed by atoms with E-state index in [2.05, 4.69) is 40.2 Å². The molecule has 0 amide bonds. The standard InChI is InChI=1S/C17H28N4/c1-2-9-18-17-7-5-6-15(19-17)13-20-12-8-16(14-20)21-10-3-4-11-21/h5-7,16H,2-4,8-14H2,1H3,(H,18,19). The van der Waals surface area contributed by atoms with Gasteiger partial charge in [-0.25, -0.2) is 4.98 Å². The summed E-state index contributed by atoms with van der Waals surface area (Å²) in [6.45, 7) is 9.23. The molecular formula is C17H28N4. The third-order valence-electron chi connectivity index (χ3n) is 4.65. The highest BCUT2D eigenvalue weighted by Gasteiger charge is 2.29. The summed E-state index contributed by atoms with van der Waals surface area (Å²) in [5.41, 5.74) is 1.19. The van der Waals surface area contributed by atoms with Gasteiger partial charge in [0.2, 0.25) is 0 Å². The topological polar surface area (TPSA) is 31.4 Å². The number of hydrogen-bond acceptors (Lipinski definition) is 4. The van der Waals surface area contributed by atoms with Crippen LogP contribution in [0.4, 0.5) is 5.82 Å². The molecule has 2 saturated heterocycles. The van der Waals surface area contributed by atoms with Crippen LogP contribution >= 0.6 is 0 Å². The maximum atomic E-state index is 4.73. The summed E-state index contributed by atoms with van der Waals surface area (Å²) in [5.74, 6) is 1.02. The molecule has 1 aromatic rings. The Labute approximate surface area is 128 Å². The van der Waals surface area contributed by atoms with Gasteiger partial charge in [0.05, 0.1) is 5.69 Å². The van der Waals surface area contributed by atoms with Crippen molar-refractivity contribution in [3.8, 4) is 0 Å². The van der Waals surface area contributed by atoms with Crippen molar-refractivity contribution in [1.82, 2.24) is 14.8 Å². The Balaban J connectivity index is 1.52. The van der Waals surface area contributed by atoms with Gasteiger partial charge in [-0.15, -0.1) is 0 Å². The van der Waals surface area contributed by atoms with Crippen molar-refractivity contribution in [2.75, 3.05) is 38.0 Å². The van der Waals surface area contributed by atoms with Gasteiger partial charge in [-0.3, -0.25) is 9.80 Å². The van der Waals surface area contributed by atoms with E-state index in [0.29, 0.717) is 0 Å². The molecule has 4 heteroatoms. The minimum absolute atomic E-state index is 0.786. The third-order valence-corrected chi connectivity index (χ3v) is 4.65. The summed E-state index contributed by atoms with van der Waals surface area (Å²) >= 11 is 0. The van der Waals surface area contributed by atoms with Gasteiger partial charge in [0.25, 0.3) is 0 Å². The van der Waals surface area contributed by atoms with Crippen molar-refractivity contribution >= 4 is 5.82 Å². The first-order valence-electron chi connectivity index (χ1n) is 8.51. The second kappa shape index (κ2) is 7.23. The lowest BCUT2D eigenvalue weighted by Crippen LogP contribution is -2.35. The molecule has 3 heterocycles. The predicted octanol–water partition coefficient (Wildman–Crippen LogP) is 2.57. The van der Waals surface area contributed by atoms with Gasteiger partial charge in [0, 0.05) is 32.2 Å². The quantitative estimate of drug-likeness (QED) is 0.872. The number of pyridine rings is 1. The Morgan fingerprint density at radius 2 is 2.10 bits per heavy atom. The maximum Gasteiger partial charge on any atom is 0.126 e. The Bertz CT molecular complexity index is 442. The van der Waals surface area contributed by atoms with Crippen molar-refractivity contribution in [2.24, 2.45) is 0 Å². The average molecular weight is 288 g/mol. The summed E-state index contributed by atoms with van der Waals surface area (Å²) in [4.78, 5) is 9.98. The van der Waals surface area contributed by atoms with Gasteiger partial charge in [-0.2, -0.15) is 0 Å². The van der Waals surface area contributed by atoms with Crippen molar-refractivity contribution < 1.29 is 0 Å². The highest BCUT2D eigenvalue weighted by atomic mass is 15.3. The fourth-order valence-corrected chi connectivity index (χ4v) is 3.51. The summed E-state index contributed by atoms with van der Waals surface area (Å²) in [5, 5.41) is 3.38.